The van der Waals surface area contributed by atoms with Gasteiger partial charge in [-0.15, -0.1) is 0 Å². The van der Waals surface area contributed by atoms with Gasteiger partial charge in [0.25, 0.3) is 5.91 Å². The van der Waals surface area contributed by atoms with E-state index in [1.165, 1.54) is 0 Å². The number of esters is 1. The lowest BCUT2D eigenvalue weighted by molar-refractivity contribution is -0.143. The maximum atomic E-state index is 12.4. The molecule has 0 heterocycles. The Labute approximate surface area is 124 Å². The van der Waals surface area contributed by atoms with Crippen LogP contribution in [0.3, 0.4) is 0 Å². The van der Waals surface area contributed by atoms with Gasteiger partial charge in [0.05, 0.1) is 18.7 Å². The summed E-state index contributed by atoms with van der Waals surface area (Å²) >= 11 is 0. The number of alkyl halides is 3. The Balaban J connectivity index is 2.81. The van der Waals surface area contributed by atoms with Gasteiger partial charge in [-0.05, 0) is 30.7 Å². The summed E-state index contributed by atoms with van der Waals surface area (Å²) in [5, 5.41) is 10.8. The molecule has 22 heavy (non-hydrogen) atoms. The maximum Gasteiger partial charge on any atom is 0.416 e. The lowest BCUT2D eigenvalue weighted by atomic mass is 10.1. The minimum Gasteiger partial charge on any atom is -0.467 e. The van der Waals surface area contributed by atoms with Crippen molar-refractivity contribution >= 4 is 11.9 Å². The van der Waals surface area contributed by atoms with E-state index >= 15 is 0 Å². The monoisotopic (exact) mass is 314 g/mol. The summed E-state index contributed by atoms with van der Waals surface area (Å²) in [6.45, 7) is 0. The average Bonchev–Trinajstić information content (AvgIpc) is 2.49. The van der Waals surface area contributed by atoms with Crippen molar-refractivity contribution in [2.75, 3.05) is 7.11 Å². The summed E-state index contributed by atoms with van der Waals surface area (Å²) in [5.74, 6) is -1.45. The van der Waals surface area contributed by atoms with Crippen molar-refractivity contribution < 1.29 is 27.5 Å². The van der Waals surface area contributed by atoms with Crippen molar-refractivity contribution in [3.8, 4) is 6.07 Å². The van der Waals surface area contributed by atoms with E-state index in [1.807, 2.05) is 6.07 Å². The molecule has 1 rings (SSSR count). The fourth-order valence-electron chi connectivity index (χ4n) is 1.65. The van der Waals surface area contributed by atoms with E-state index < -0.39 is 29.7 Å². The first-order valence-corrected chi connectivity index (χ1v) is 6.22. The van der Waals surface area contributed by atoms with Crippen LogP contribution in [0.2, 0.25) is 0 Å². The predicted molar refractivity (Wildman–Crippen MR) is 69.6 cm³/mol. The van der Waals surface area contributed by atoms with E-state index in [0.29, 0.717) is 0 Å². The second-order valence-corrected chi connectivity index (χ2v) is 4.32. The number of methoxy groups -OCH3 is 1. The number of benzene rings is 1. The largest absolute Gasteiger partial charge is 0.467 e. The number of ether oxygens (including phenoxy) is 1. The van der Waals surface area contributed by atoms with Crippen molar-refractivity contribution in [3.05, 3.63) is 35.4 Å². The van der Waals surface area contributed by atoms with Crippen LogP contribution >= 0.6 is 0 Å². The number of nitriles is 1. The normalized spacial score (nSPS) is 12.1. The lowest BCUT2D eigenvalue weighted by Crippen LogP contribution is -2.41. The van der Waals surface area contributed by atoms with Crippen molar-refractivity contribution in [2.45, 2.75) is 25.1 Å². The zero-order chi connectivity index (χ0) is 16.8. The number of nitrogens with one attached hydrogen (secondary N) is 1. The quantitative estimate of drug-likeness (QED) is 0.846. The molecule has 1 N–H and O–H groups in total. The van der Waals surface area contributed by atoms with Crippen molar-refractivity contribution in [3.63, 3.8) is 0 Å². The Morgan fingerprint density at radius 3 is 2.36 bits per heavy atom. The van der Waals surface area contributed by atoms with Gasteiger partial charge in [-0.25, -0.2) is 4.79 Å². The number of carbonyl (C=O) groups is 2. The Kier molecular flexibility index (Phi) is 5.92. The van der Waals surface area contributed by atoms with Gasteiger partial charge in [0.2, 0.25) is 0 Å². The number of hydrogen-bond acceptors (Lipinski definition) is 4. The molecule has 1 amide bonds. The molecule has 0 aliphatic rings. The zero-order valence-corrected chi connectivity index (χ0v) is 11.6. The topological polar surface area (TPSA) is 79.2 Å². The molecule has 0 aliphatic carbocycles. The van der Waals surface area contributed by atoms with Gasteiger partial charge in [0, 0.05) is 12.0 Å². The molecule has 8 heteroatoms. The van der Waals surface area contributed by atoms with Gasteiger partial charge in [0.1, 0.15) is 6.04 Å². The molecule has 0 saturated carbocycles. The number of nitrogens with zero attached hydrogens (tertiary/aromatic N) is 1. The van der Waals surface area contributed by atoms with Crippen molar-refractivity contribution in [1.82, 2.24) is 5.32 Å². The molecule has 0 spiro atoms. The van der Waals surface area contributed by atoms with Crippen molar-refractivity contribution in [1.29, 1.82) is 5.26 Å². The van der Waals surface area contributed by atoms with E-state index in [4.69, 9.17) is 5.26 Å². The smallest absolute Gasteiger partial charge is 0.416 e. The number of halogens is 3. The highest BCUT2D eigenvalue weighted by Gasteiger charge is 2.30. The summed E-state index contributed by atoms with van der Waals surface area (Å²) in [6, 6.07) is 4.37. The van der Waals surface area contributed by atoms with Gasteiger partial charge < -0.3 is 10.1 Å². The molecule has 5 nitrogen and oxygen atoms in total. The zero-order valence-electron chi connectivity index (χ0n) is 11.6. The van der Waals surface area contributed by atoms with Crippen LogP contribution in [0.15, 0.2) is 24.3 Å². The number of carbonyl (C=O) groups excluding carboxylic acids is 2. The molecule has 0 fully saturated rings. The van der Waals surface area contributed by atoms with E-state index in [9.17, 15) is 22.8 Å². The van der Waals surface area contributed by atoms with Crippen molar-refractivity contribution in [2.24, 2.45) is 0 Å². The van der Waals surface area contributed by atoms with Crippen LogP contribution in [0, 0.1) is 11.3 Å². The Hall–Kier alpha value is -2.56. The van der Waals surface area contributed by atoms with E-state index in [2.05, 4.69) is 10.1 Å². The molecule has 0 aliphatic heterocycles. The SMILES string of the molecule is COC(=O)[C@H](CCC#N)NC(=O)c1ccc(C(F)(F)F)cc1. The highest BCUT2D eigenvalue weighted by Crippen LogP contribution is 2.29. The Morgan fingerprint density at radius 2 is 1.91 bits per heavy atom. The van der Waals surface area contributed by atoms with Crippen LogP contribution < -0.4 is 5.32 Å². The molecule has 1 aromatic carbocycles. The minimum atomic E-state index is -4.49. The summed E-state index contributed by atoms with van der Waals surface area (Å²) in [6.07, 6.45) is -4.42. The predicted octanol–water partition coefficient (Wildman–Crippen LogP) is 2.28. The van der Waals surface area contributed by atoms with Crippen LogP contribution in [0.5, 0.6) is 0 Å². The maximum absolute atomic E-state index is 12.4. The fourth-order valence-corrected chi connectivity index (χ4v) is 1.65. The number of hydrogen-bond donors (Lipinski definition) is 1. The molecular weight excluding hydrogens is 301 g/mol. The first-order chi connectivity index (χ1) is 10.3. The second kappa shape index (κ2) is 7.45. The average molecular weight is 314 g/mol. The third-order valence-electron chi connectivity index (χ3n) is 2.81. The fraction of sp³-hybridized carbons (Fsp3) is 0.357. The third-order valence-corrected chi connectivity index (χ3v) is 2.81. The molecule has 0 saturated heterocycles. The minimum absolute atomic E-state index is 0.0209. The van der Waals surface area contributed by atoms with Gasteiger partial charge in [-0.2, -0.15) is 18.4 Å². The van der Waals surface area contributed by atoms with Gasteiger partial charge in [-0.3, -0.25) is 4.79 Å². The molecule has 0 aromatic heterocycles. The summed E-state index contributed by atoms with van der Waals surface area (Å²) < 4.78 is 41.8. The lowest BCUT2D eigenvalue weighted by Gasteiger charge is -2.15. The van der Waals surface area contributed by atoms with Gasteiger partial charge in [-0.1, -0.05) is 0 Å². The Morgan fingerprint density at radius 1 is 1.32 bits per heavy atom. The second-order valence-electron chi connectivity index (χ2n) is 4.32. The molecule has 0 unspecified atom stereocenters. The number of amides is 1. The van der Waals surface area contributed by atoms with Crippen LogP contribution in [0.4, 0.5) is 13.2 Å². The molecule has 0 bridgehead atoms. The molecular formula is C14H13F3N2O3. The molecule has 118 valence electrons. The Bertz CT molecular complexity index is 576. The van der Waals surface area contributed by atoms with Crippen LogP contribution in [-0.4, -0.2) is 25.0 Å². The standard InChI is InChI=1S/C14H13F3N2O3/c1-22-13(21)11(3-2-8-18)19-12(20)9-4-6-10(7-5-9)14(15,16)17/h4-7,11H,2-3H2,1H3,(H,19,20)/t11-/m0/s1. The first kappa shape index (κ1) is 17.5. The van der Waals surface area contributed by atoms with E-state index in [1.54, 1.807) is 0 Å². The van der Waals surface area contributed by atoms with E-state index in [-0.39, 0.29) is 18.4 Å². The molecule has 1 aromatic rings. The summed E-state index contributed by atoms with van der Waals surface area (Å²) in [7, 11) is 1.13. The number of rotatable bonds is 5. The summed E-state index contributed by atoms with van der Waals surface area (Å²) in [5.41, 5.74) is -0.906. The third kappa shape index (κ3) is 4.77. The van der Waals surface area contributed by atoms with Crippen LogP contribution in [-0.2, 0) is 15.7 Å². The van der Waals surface area contributed by atoms with Crippen LogP contribution in [0.25, 0.3) is 0 Å². The van der Waals surface area contributed by atoms with Gasteiger partial charge in [0.15, 0.2) is 0 Å². The molecule has 0 radical (unpaired) electrons. The summed E-state index contributed by atoms with van der Waals surface area (Å²) in [4.78, 5) is 23.4. The molecule has 1 atom stereocenters. The van der Waals surface area contributed by atoms with Crippen LogP contribution in [0.1, 0.15) is 28.8 Å². The van der Waals surface area contributed by atoms with E-state index in [0.717, 1.165) is 31.4 Å². The first-order valence-electron chi connectivity index (χ1n) is 6.22. The van der Waals surface area contributed by atoms with Gasteiger partial charge >= 0.3 is 12.1 Å². The highest BCUT2D eigenvalue weighted by molar-refractivity contribution is 5.96. The highest BCUT2D eigenvalue weighted by atomic mass is 19.4.